The summed E-state index contributed by atoms with van der Waals surface area (Å²) < 4.78 is 22.6. The Hall–Kier alpha value is -3.64. The SMILES string of the molecule is CCC1(COc2cc(C(=O)OCc3ccccc3)cc(C(=O)OCc3ccccc3)c2)CCO1. The molecule has 3 aromatic rings. The Kier molecular flexibility index (Phi) is 7.60. The molecule has 0 radical (unpaired) electrons. The van der Waals surface area contributed by atoms with Crippen LogP contribution in [-0.2, 0) is 27.4 Å². The van der Waals surface area contributed by atoms with E-state index in [1.54, 1.807) is 12.1 Å². The van der Waals surface area contributed by atoms with Gasteiger partial charge >= 0.3 is 11.9 Å². The van der Waals surface area contributed by atoms with Gasteiger partial charge in [0.15, 0.2) is 0 Å². The highest BCUT2D eigenvalue weighted by atomic mass is 16.6. The second-order valence-electron chi connectivity index (χ2n) is 8.29. The molecule has 1 heterocycles. The number of benzene rings is 3. The number of carbonyl (C=O) groups excluding carboxylic acids is 2. The Labute approximate surface area is 199 Å². The van der Waals surface area contributed by atoms with Crippen molar-refractivity contribution in [2.24, 2.45) is 0 Å². The Morgan fingerprint density at radius 1 is 0.824 bits per heavy atom. The Bertz CT molecular complexity index is 1030. The van der Waals surface area contributed by atoms with Crippen LogP contribution >= 0.6 is 0 Å². The topological polar surface area (TPSA) is 71.1 Å². The molecular formula is C28H28O6. The lowest BCUT2D eigenvalue weighted by molar-refractivity contribution is -0.166. The molecule has 1 unspecified atom stereocenters. The smallest absolute Gasteiger partial charge is 0.338 e. The average molecular weight is 461 g/mol. The predicted octanol–water partition coefficient (Wildman–Crippen LogP) is 5.35. The van der Waals surface area contributed by atoms with E-state index in [0.717, 1.165) is 24.0 Å². The fourth-order valence-electron chi connectivity index (χ4n) is 3.63. The molecule has 0 aliphatic carbocycles. The molecule has 0 aromatic heterocycles. The van der Waals surface area contributed by atoms with E-state index in [1.165, 1.54) is 6.07 Å². The minimum atomic E-state index is -0.545. The van der Waals surface area contributed by atoms with Gasteiger partial charge in [-0.25, -0.2) is 9.59 Å². The number of rotatable bonds is 10. The molecule has 1 saturated heterocycles. The van der Waals surface area contributed by atoms with Crippen molar-refractivity contribution >= 4 is 11.9 Å². The Morgan fingerprint density at radius 2 is 1.32 bits per heavy atom. The second kappa shape index (κ2) is 11.0. The summed E-state index contributed by atoms with van der Waals surface area (Å²) in [6, 6.07) is 23.5. The van der Waals surface area contributed by atoms with Crippen molar-refractivity contribution in [1.82, 2.24) is 0 Å². The van der Waals surface area contributed by atoms with Crippen molar-refractivity contribution < 1.29 is 28.5 Å². The van der Waals surface area contributed by atoms with Gasteiger partial charge in [-0.2, -0.15) is 0 Å². The van der Waals surface area contributed by atoms with Crippen molar-refractivity contribution in [2.75, 3.05) is 13.2 Å². The quantitative estimate of drug-likeness (QED) is 0.380. The van der Waals surface area contributed by atoms with Gasteiger partial charge in [-0.1, -0.05) is 67.6 Å². The largest absolute Gasteiger partial charge is 0.491 e. The monoisotopic (exact) mass is 460 g/mol. The van der Waals surface area contributed by atoms with Crippen LogP contribution in [0.2, 0.25) is 0 Å². The van der Waals surface area contributed by atoms with E-state index in [1.807, 2.05) is 67.6 Å². The minimum absolute atomic E-state index is 0.130. The third-order valence-corrected chi connectivity index (χ3v) is 5.92. The summed E-state index contributed by atoms with van der Waals surface area (Å²) in [5.41, 5.74) is 1.87. The number of hydrogen-bond acceptors (Lipinski definition) is 6. The van der Waals surface area contributed by atoms with Gasteiger partial charge in [0.1, 0.15) is 31.2 Å². The van der Waals surface area contributed by atoms with Crippen LogP contribution in [-0.4, -0.2) is 30.8 Å². The first-order valence-electron chi connectivity index (χ1n) is 11.4. The second-order valence-corrected chi connectivity index (χ2v) is 8.29. The van der Waals surface area contributed by atoms with Gasteiger partial charge < -0.3 is 18.9 Å². The van der Waals surface area contributed by atoms with Crippen LogP contribution in [0.4, 0.5) is 0 Å². The number of esters is 2. The molecule has 1 fully saturated rings. The molecule has 6 heteroatoms. The summed E-state index contributed by atoms with van der Waals surface area (Å²) in [7, 11) is 0. The lowest BCUT2D eigenvalue weighted by Crippen LogP contribution is -2.48. The highest BCUT2D eigenvalue weighted by Gasteiger charge is 2.37. The van der Waals surface area contributed by atoms with Crippen molar-refractivity contribution in [3.8, 4) is 5.75 Å². The van der Waals surface area contributed by atoms with Gasteiger partial charge in [-0.3, -0.25) is 0 Å². The molecule has 0 spiro atoms. The van der Waals surface area contributed by atoms with Crippen LogP contribution in [0.15, 0.2) is 78.9 Å². The normalized spacial score (nSPS) is 16.9. The zero-order valence-corrected chi connectivity index (χ0v) is 19.2. The van der Waals surface area contributed by atoms with Gasteiger partial charge in [0.25, 0.3) is 0 Å². The van der Waals surface area contributed by atoms with Crippen LogP contribution in [0.1, 0.15) is 51.6 Å². The van der Waals surface area contributed by atoms with Crippen molar-refractivity contribution in [3.05, 3.63) is 101 Å². The van der Waals surface area contributed by atoms with E-state index in [-0.39, 0.29) is 29.9 Å². The van der Waals surface area contributed by atoms with E-state index in [9.17, 15) is 9.59 Å². The summed E-state index contributed by atoms with van der Waals surface area (Å²) in [5, 5.41) is 0. The molecule has 4 rings (SSSR count). The summed E-state index contributed by atoms with van der Waals surface area (Å²) in [4.78, 5) is 25.6. The first-order chi connectivity index (χ1) is 16.6. The molecular weight excluding hydrogens is 432 g/mol. The maximum absolute atomic E-state index is 12.8. The standard InChI is InChI=1S/C28H28O6/c1-2-28(13-14-34-28)20-33-25-16-23(26(29)31-18-21-9-5-3-6-10-21)15-24(17-25)27(30)32-19-22-11-7-4-8-12-22/h3-12,15-17H,2,13-14,18-20H2,1H3. The molecule has 0 N–H and O–H groups in total. The van der Waals surface area contributed by atoms with E-state index in [0.29, 0.717) is 19.0 Å². The number of hydrogen-bond donors (Lipinski definition) is 0. The molecule has 0 saturated carbocycles. The lowest BCUT2D eigenvalue weighted by atomic mass is 9.93. The van der Waals surface area contributed by atoms with Gasteiger partial charge in [-0.15, -0.1) is 0 Å². The van der Waals surface area contributed by atoms with E-state index >= 15 is 0 Å². The summed E-state index contributed by atoms with van der Waals surface area (Å²) in [6.07, 6.45) is 1.73. The van der Waals surface area contributed by atoms with Crippen molar-refractivity contribution in [2.45, 2.75) is 38.6 Å². The fourth-order valence-corrected chi connectivity index (χ4v) is 3.63. The Balaban J connectivity index is 1.50. The first-order valence-corrected chi connectivity index (χ1v) is 11.4. The highest BCUT2D eigenvalue weighted by molar-refractivity contribution is 5.96. The number of carbonyl (C=O) groups is 2. The summed E-state index contributed by atoms with van der Waals surface area (Å²) >= 11 is 0. The highest BCUT2D eigenvalue weighted by Crippen LogP contribution is 2.31. The molecule has 1 atom stereocenters. The molecule has 1 aliphatic rings. The van der Waals surface area contributed by atoms with E-state index in [4.69, 9.17) is 18.9 Å². The molecule has 0 bridgehead atoms. The lowest BCUT2D eigenvalue weighted by Gasteiger charge is -2.40. The van der Waals surface area contributed by atoms with Gasteiger partial charge in [0.05, 0.1) is 17.7 Å². The number of ether oxygens (including phenoxy) is 4. The average Bonchev–Trinajstić information content (AvgIpc) is 2.86. The van der Waals surface area contributed by atoms with Crippen LogP contribution in [0.3, 0.4) is 0 Å². The summed E-state index contributed by atoms with van der Waals surface area (Å²) in [5.74, 6) is -0.697. The molecule has 34 heavy (non-hydrogen) atoms. The third kappa shape index (κ3) is 6.02. The zero-order valence-electron chi connectivity index (χ0n) is 19.2. The Morgan fingerprint density at radius 3 is 1.74 bits per heavy atom. The molecule has 0 amide bonds. The molecule has 3 aromatic carbocycles. The van der Waals surface area contributed by atoms with E-state index < -0.39 is 11.9 Å². The third-order valence-electron chi connectivity index (χ3n) is 5.92. The van der Waals surface area contributed by atoms with Gasteiger partial charge in [0, 0.05) is 6.42 Å². The van der Waals surface area contributed by atoms with Crippen LogP contribution in [0.25, 0.3) is 0 Å². The van der Waals surface area contributed by atoms with Gasteiger partial charge in [-0.05, 0) is 35.7 Å². The maximum Gasteiger partial charge on any atom is 0.338 e. The van der Waals surface area contributed by atoms with Crippen LogP contribution < -0.4 is 4.74 Å². The van der Waals surface area contributed by atoms with Crippen LogP contribution in [0, 0.1) is 0 Å². The first kappa shape index (κ1) is 23.5. The predicted molar refractivity (Wildman–Crippen MR) is 127 cm³/mol. The fraction of sp³-hybridized carbons (Fsp3) is 0.286. The van der Waals surface area contributed by atoms with Crippen molar-refractivity contribution in [1.29, 1.82) is 0 Å². The molecule has 6 nitrogen and oxygen atoms in total. The molecule has 176 valence electrons. The van der Waals surface area contributed by atoms with Crippen LogP contribution in [0.5, 0.6) is 5.75 Å². The maximum atomic E-state index is 12.8. The summed E-state index contributed by atoms with van der Waals surface area (Å²) in [6.45, 7) is 3.35. The van der Waals surface area contributed by atoms with Gasteiger partial charge in [0.2, 0.25) is 0 Å². The minimum Gasteiger partial charge on any atom is -0.491 e. The zero-order chi connectivity index (χ0) is 23.8. The van der Waals surface area contributed by atoms with E-state index in [2.05, 4.69) is 0 Å². The van der Waals surface area contributed by atoms with Crippen molar-refractivity contribution in [3.63, 3.8) is 0 Å². The molecule has 1 aliphatic heterocycles.